The van der Waals surface area contributed by atoms with Gasteiger partial charge in [-0.05, 0) is 18.2 Å². The molecule has 0 saturated heterocycles. The lowest BCUT2D eigenvalue weighted by Gasteiger charge is -1.98. The SMILES string of the molecule is ICCC[n+]1c(-c2ccccc2)sc2ccccc21. The van der Waals surface area contributed by atoms with Crippen LogP contribution in [0.25, 0.3) is 20.8 Å². The van der Waals surface area contributed by atoms with Crippen LogP contribution in [0.15, 0.2) is 54.6 Å². The summed E-state index contributed by atoms with van der Waals surface area (Å²) < 4.78 is 5.03. The molecule has 1 aromatic heterocycles. The topological polar surface area (TPSA) is 3.88 Å². The van der Waals surface area contributed by atoms with Gasteiger partial charge in [0.1, 0.15) is 4.70 Å². The standard InChI is InChI=1S/C16H15INS/c17-11-6-12-18-14-9-4-5-10-15(14)19-16(18)13-7-2-1-3-8-13/h1-5,7-10H,6,11-12H2/q+1. The first-order valence-electron chi connectivity index (χ1n) is 6.43. The van der Waals surface area contributed by atoms with Gasteiger partial charge in [0.25, 0.3) is 5.01 Å². The molecule has 3 aromatic rings. The summed E-state index contributed by atoms with van der Waals surface area (Å²) in [5.41, 5.74) is 2.67. The van der Waals surface area contributed by atoms with Crippen molar-refractivity contribution >= 4 is 44.1 Å². The molecular weight excluding hydrogens is 365 g/mol. The molecule has 1 nitrogen and oxygen atoms in total. The van der Waals surface area contributed by atoms with Crippen molar-refractivity contribution in [3.8, 4) is 10.6 Å². The van der Waals surface area contributed by atoms with Crippen LogP contribution in [0.5, 0.6) is 0 Å². The second kappa shape index (κ2) is 6.01. The summed E-state index contributed by atoms with van der Waals surface area (Å²) in [6.45, 7) is 1.09. The van der Waals surface area contributed by atoms with Gasteiger partial charge in [0.2, 0.25) is 5.52 Å². The number of aryl methyl sites for hydroxylation is 1. The van der Waals surface area contributed by atoms with E-state index in [1.165, 1.54) is 31.6 Å². The average Bonchev–Trinajstić information content (AvgIpc) is 2.85. The van der Waals surface area contributed by atoms with Gasteiger partial charge in [0, 0.05) is 16.9 Å². The summed E-state index contributed by atoms with van der Waals surface area (Å²) >= 11 is 4.34. The minimum Gasteiger partial charge on any atom is -0.182 e. The monoisotopic (exact) mass is 380 g/mol. The van der Waals surface area contributed by atoms with Crippen molar-refractivity contribution in [1.29, 1.82) is 0 Å². The Labute approximate surface area is 131 Å². The molecule has 0 bridgehead atoms. The first-order chi connectivity index (χ1) is 9.40. The number of benzene rings is 2. The highest BCUT2D eigenvalue weighted by atomic mass is 127. The van der Waals surface area contributed by atoms with Gasteiger partial charge < -0.3 is 0 Å². The van der Waals surface area contributed by atoms with Gasteiger partial charge in [-0.25, -0.2) is 0 Å². The molecule has 96 valence electrons. The van der Waals surface area contributed by atoms with E-state index in [2.05, 4.69) is 81.8 Å². The molecule has 3 heteroatoms. The van der Waals surface area contributed by atoms with Crippen LogP contribution in [-0.4, -0.2) is 4.43 Å². The molecule has 0 N–H and O–H groups in total. The van der Waals surface area contributed by atoms with E-state index in [4.69, 9.17) is 0 Å². The van der Waals surface area contributed by atoms with E-state index in [0.29, 0.717) is 0 Å². The number of hydrogen-bond donors (Lipinski definition) is 0. The number of halogens is 1. The Morgan fingerprint density at radius 2 is 1.68 bits per heavy atom. The Hall–Kier alpha value is -0.940. The van der Waals surface area contributed by atoms with E-state index in [1.54, 1.807) is 0 Å². The molecule has 0 fully saturated rings. The molecule has 0 spiro atoms. The van der Waals surface area contributed by atoms with Gasteiger partial charge in [-0.15, -0.1) is 0 Å². The Balaban J connectivity index is 2.17. The summed E-state index contributed by atoms with van der Waals surface area (Å²) in [6, 6.07) is 19.4. The quantitative estimate of drug-likeness (QED) is 0.352. The maximum Gasteiger partial charge on any atom is 0.270 e. The van der Waals surface area contributed by atoms with Crippen molar-refractivity contribution in [2.75, 3.05) is 4.43 Å². The van der Waals surface area contributed by atoms with Crippen molar-refractivity contribution < 1.29 is 4.57 Å². The zero-order chi connectivity index (χ0) is 13.1. The molecule has 0 saturated carbocycles. The third kappa shape index (κ3) is 2.67. The van der Waals surface area contributed by atoms with Crippen molar-refractivity contribution in [1.82, 2.24) is 0 Å². The Bertz CT molecular complexity index is 676. The summed E-state index contributed by atoms with van der Waals surface area (Å²) in [6.07, 6.45) is 1.21. The molecule has 3 rings (SSSR count). The highest BCUT2D eigenvalue weighted by Crippen LogP contribution is 2.28. The highest BCUT2D eigenvalue weighted by Gasteiger charge is 2.20. The van der Waals surface area contributed by atoms with Gasteiger partial charge in [-0.1, -0.05) is 64.3 Å². The van der Waals surface area contributed by atoms with Crippen molar-refractivity contribution in [3.05, 3.63) is 54.6 Å². The number of hydrogen-bond acceptors (Lipinski definition) is 1. The second-order valence-electron chi connectivity index (χ2n) is 4.44. The summed E-state index contributed by atoms with van der Waals surface area (Å²) in [5, 5.41) is 1.37. The largest absolute Gasteiger partial charge is 0.270 e. The minimum absolute atomic E-state index is 1.09. The summed E-state index contributed by atoms with van der Waals surface area (Å²) in [7, 11) is 0. The first-order valence-corrected chi connectivity index (χ1v) is 8.77. The molecule has 0 aliphatic rings. The molecular formula is C16H15INS+. The van der Waals surface area contributed by atoms with E-state index in [1.807, 2.05) is 11.3 Å². The maximum absolute atomic E-state index is 2.47. The van der Waals surface area contributed by atoms with Crippen LogP contribution < -0.4 is 4.57 Å². The maximum atomic E-state index is 2.47. The van der Waals surface area contributed by atoms with E-state index in [0.717, 1.165) is 6.54 Å². The van der Waals surface area contributed by atoms with E-state index in [9.17, 15) is 0 Å². The number of aromatic nitrogens is 1. The number of rotatable bonds is 4. The number of thiazole rings is 1. The number of alkyl halides is 1. The predicted molar refractivity (Wildman–Crippen MR) is 91.0 cm³/mol. The molecule has 1 heterocycles. The molecule has 0 amide bonds. The average molecular weight is 380 g/mol. The van der Waals surface area contributed by atoms with Crippen molar-refractivity contribution in [3.63, 3.8) is 0 Å². The lowest BCUT2D eigenvalue weighted by molar-refractivity contribution is -0.656. The van der Waals surface area contributed by atoms with Crippen molar-refractivity contribution in [2.45, 2.75) is 13.0 Å². The zero-order valence-electron chi connectivity index (χ0n) is 10.6. The van der Waals surface area contributed by atoms with Gasteiger partial charge in [-0.3, -0.25) is 0 Å². The van der Waals surface area contributed by atoms with E-state index in [-0.39, 0.29) is 0 Å². The normalized spacial score (nSPS) is 11.0. The fraction of sp³-hybridized carbons (Fsp3) is 0.188. The van der Waals surface area contributed by atoms with E-state index < -0.39 is 0 Å². The predicted octanol–water partition coefficient (Wildman–Crippen LogP) is 4.68. The molecule has 0 atom stereocenters. The van der Waals surface area contributed by atoms with Gasteiger partial charge in [0.05, 0.1) is 5.56 Å². The molecule has 2 aromatic carbocycles. The minimum atomic E-state index is 1.09. The molecule has 19 heavy (non-hydrogen) atoms. The van der Waals surface area contributed by atoms with E-state index >= 15 is 0 Å². The van der Waals surface area contributed by atoms with Gasteiger partial charge in [-0.2, -0.15) is 4.57 Å². The van der Waals surface area contributed by atoms with Crippen LogP contribution in [0, 0.1) is 0 Å². The molecule has 0 aliphatic carbocycles. The smallest absolute Gasteiger partial charge is 0.182 e. The Morgan fingerprint density at radius 1 is 0.947 bits per heavy atom. The fourth-order valence-corrected chi connectivity index (χ4v) is 3.80. The Kier molecular flexibility index (Phi) is 4.13. The molecule has 0 radical (unpaired) electrons. The van der Waals surface area contributed by atoms with Crippen LogP contribution in [0.1, 0.15) is 6.42 Å². The summed E-state index contributed by atoms with van der Waals surface area (Å²) in [5.74, 6) is 0. The number of nitrogens with zero attached hydrogens (tertiary/aromatic N) is 1. The lowest BCUT2D eigenvalue weighted by atomic mass is 10.2. The highest BCUT2D eigenvalue weighted by molar-refractivity contribution is 14.1. The second-order valence-corrected chi connectivity index (χ2v) is 6.54. The zero-order valence-corrected chi connectivity index (χ0v) is 13.5. The number of fused-ring (bicyclic) bond motifs is 1. The lowest BCUT2D eigenvalue weighted by Crippen LogP contribution is -2.34. The van der Waals surface area contributed by atoms with Gasteiger partial charge >= 0.3 is 0 Å². The van der Waals surface area contributed by atoms with Crippen LogP contribution in [0.3, 0.4) is 0 Å². The number of para-hydroxylation sites is 1. The third-order valence-corrected chi connectivity index (χ3v) is 5.12. The molecule has 0 unspecified atom stereocenters. The Morgan fingerprint density at radius 3 is 2.47 bits per heavy atom. The van der Waals surface area contributed by atoms with Crippen LogP contribution in [0.4, 0.5) is 0 Å². The van der Waals surface area contributed by atoms with Gasteiger partial charge in [0.15, 0.2) is 6.54 Å². The first kappa shape index (κ1) is 13.1. The van der Waals surface area contributed by atoms with Crippen LogP contribution in [-0.2, 0) is 6.54 Å². The third-order valence-electron chi connectivity index (χ3n) is 3.14. The van der Waals surface area contributed by atoms with Crippen LogP contribution in [0.2, 0.25) is 0 Å². The van der Waals surface area contributed by atoms with Crippen molar-refractivity contribution in [2.24, 2.45) is 0 Å². The summed E-state index contributed by atoms with van der Waals surface area (Å²) in [4.78, 5) is 0. The van der Waals surface area contributed by atoms with Crippen LogP contribution >= 0.6 is 33.9 Å². The molecule has 0 aliphatic heterocycles. The fourth-order valence-electron chi connectivity index (χ4n) is 2.27.